The molecule has 39 heavy (non-hydrogen) atoms. The smallest absolute Gasteiger partial charge is 0.330 e. The van der Waals surface area contributed by atoms with Crippen LogP contribution in [0.15, 0.2) is 66.7 Å². The third-order valence-electron chi connectivity index (χ3n) is 6.72. The number of ether oxygens (including phenoxy) is 1. The number of aromatic amines is 1. The van der Waals surface area contributed by atoms with Gasteiger partial charge < -0.3 is 13.9 Å². The fraction of sp³-hybridized carbons (Fsp3) is 0.233. The number of aromatic nitrogens is 7. The average molecular weight is 522 g/mol. The van der Waals surface area contributed by atoms with Gasteiger partial charge in [0.05, 0.1) is 12.8 Å². The molecule has 1 N–H and O–H groups in total. The molecular formula is C30H31N7O2. The van der Waals surface area contributed by atoms with Crippen molar-refractivity contribution in [2.75, 3.05) is 7.11 Å². The molecule has 3 heterocycles. The molecule has 9 heteroatoms. The van der Waals surface area contributed by atoms with Gasteiger partial charge in [0.25, 0.3) is 0 Å². The fourth-order valence-corrected chi connectivity index (χ4v) is 4.82. The number of tetrazole rings is 1. The van der Waals surface area contributed by atoms with Gasteiger partial charge in [-0.05, 0) is 60.4 Å². The number of imidazole rings is 1. The van der Waals surface area contributed by atoms with Gasteiger partial charge in [-0.2, -0.15) is 5.21 Å². The molecule has 5 aromatic rings. The summed E-state index contributed by atoms with van der Waals surface area (Å²) in [7, 11) is 1.38. The average Bonchev–Trinajstić information content (AvgIpc) is 3.68. The summed E-state index contributed by atoms with van der Waals surface area (Å²) in [5.41, 5.74) is 7.14. The van der Waals surface area contributed by atoms with Crippen molar-refractivity contribution in [3.8, 4) is 28.3 Å². The zero-order valence-corrected chi connectivity index (χ0v) is 22.5. The third kappa shape index (κ3) is 5.29. The van der Waals surface area contributed by atoms with Crippen LogP contribution in [0.25, 0.3) is 34.4 Å². The molecule has 0 saturated heterocycles. The van der Waals surface area contributed by atoms with E-state index in [-0.39, 0.29) is 0 Å². The number of rotatable bonds is 9. The molecule has 2 aromatic carbocycles. The number of H-pyrrole nitrogens is 1. The summed E-state index contributed by atoms with van der Waals surface area (Å²) in [6.07, 6.45) is 5.03. The molecule has 0 atom stereocenters. The van der Waals surface area contributed by atoms with E-state index >= 15 is 0 Å². The van der Waals surface area contributed by atoms with Gasteiger partial charge >= 0.3 is 5.97 Å². The maximum atomic E-state index is 12.0. The van der Waals surface area contributed by atoms with Crippen LogP contribution in [0, 0.1) is 13.8 Å². The second-order valence-electron chi connectivity index (χ2n) is 9.36. The van der Waals surface area contributed by atoms with Gasteiger partial charge in [-0.15, -0.1) is 10.2 Å². The third-order valence-corrected chi connectivity index (χ3v) is 6.72. The van der Waals surface area contributed by atoms with Crippen molar-refractivity contribution >= 4 is 12.0 Å². The van der Waals surface area contributed by atoms with E-state index in [9.17, 15) is 4.79 Å². The van der Waals surface area contributed by atoms with Crippen molar-refractivity contribution < 1.29 is 9.53 Å². The Hall–Kier alpha value is -4.79. The van der Waals surface area contributed by atoms with Crippen molar-refractivity contribution in [2.24, 2.45) is 0 Å². The second-order valence-corrected chi connectivity index (χ2v) is 9.36. The molecule has 0 bridgehead atoms. The molecule has 0 amide bonds. The van der Waals surface area contributed by atoms with Gasteiger partial charge in [0.1, 0.15) is 5.82 Å². The van der Waals surface area contributed by atoms with Crippen molar-refractivity contribution in [1.82, 2.24) is 34.7 Å². The number of hydrogen-bond donors (Lipinski definition) is 1. The highest BCUT2D eigenvalue weighted by Crippen LogP contribution is 2.30. The van der Waals surface area contributed by atoms with Crippen LogP contribution >= 0.6 is 0 Å². The first-order chi connectivity index (χ1) is 19.0. The van der Waals surface area contributed by atoms with Crippen LogP contribution in [0.1, 0.15) is 41.8 Å². The first-order valence-electron chi connectivity index (χ1n) is 12.9. The summed E-state index contributed by atoms with van der Waals surface area (Å²) in [5.74, 6) is 1.93. The van der Waals surface area contributed by atoms with Gasteiger partial charge in [0, 0.05) is 36.0 Å². The monoisotopic (exact) mass is 521 g/mol. The number of esters is 1. The molecular weight excluding hydrogens is 490 g/mol. The number of aryl methyl sites for hydroxylation is 3. The Morgan fingerprint density at radius 3 is 2.36 bits per heavy atom. The molecule has 198 valence electrons. The summed E-state index contributed by atoms with van der Waals surface area (Å²) in [6, 6.07) is 20.6. The predicted molar refractivity (Wildman–Crippen MR) is 150 cm³/mol. The lowest BCUT2D eigenvalue weighted by Gasteiger charge is -2.13. The summed E-state index contributed by atoms with van der Waals surface area (Å²) in [6.45, 7) is 6.87. The Morgan fingerprint density at radius 1 is 1.00 bits per heavy atom. The van der Waals surface area contributed by atoms with E-state index in [1.54, 1.807) is 0 Å². The molecule has 0 aliphatic carbocycles. The van der Waals surface area contributed by atoms with Crippen molar-refractivity contribution in [2.45, 2.75) is 40.2 Å². The highest BCUT2D eigenvalue weighted by atomic mass is 16.5. The van der Waals surface area contributed by atoms with E-state index in [2.05, 4.69) is 93.0 Å². The maximum absolute atomic E-state index is 12.0. The van der Waals surface area contributed by atoms with E-state index < -0.39 is 5.97 Å². The highest BCUT2D eigenvalue weighted by molar-refractivity contribution is 5.87. The second kappa shape index (κ2) is 11.3. The lowest BCUT2D eigenvalue weighted by atomic mass is 9.98. The molecule has 0 unspecified atom stereocenters. The van der Waals surface area contributed by atoms with Gasteiger partial charge in [0.15, 0.2) is 5.82 Å². The normalized spacial score (nSPS) is 11.4. The van der Waals surface area contributed by atoms with Crippen LogP contribution in [-0.4, -0.2) is 47.8 Å². The van der Waals surface area contributed by atoms with Gasteiger partial charge in [-0.25, -0.2) is 9.78 Å². The number of carbonyl (C=O) groups excluding carboxylic acids is 1. The minimum absolute atomic E-state index is 0.406. The van der Waals surface area contributed by atoms with Gasteiger partial charge in [-0.3, -0.25) is 0 Å². The first-order valence-corrected chi connectivity index (χ1v) is 12.9. The Labute approximate surface area is 227 Å². The van der Waals surface area contributed by atoms with Gasteiger partial charge in [-0.1, -0.05) is 55.5 Å². The number of nitrogens with one attached hydrogen (secondary N) is 1. The molecule has 9 nitrogen and oxygen atoms in total. The molecule has 0 fully saturated rings. The molecule has 0 radical (unpaired) electrons. The molecule has 0 aliphatic heterocycles. The largest absolute Gasteiger partial charge is 0.466 e. The number of carbonyl (C=O) groups is 1. The quantitative estimate of drug-likeness (QED) is 0.208. The SMILES string of the molecule is CCCc1nc(-n2c(C)ccc2C)c(C=CC(=O)OC)n1Cc1ccc(-c2ccccc2-c2nn[nH]n2)cc1. The van der Waals surface area contributed by atoms with E-state index in [1.165, 1.54) is 13.2 Å². The minimum Gasteiger partial charge on any atom is -0.466 e. The van der Waals surface area contributed by atoms with E-state index in [4.69, 9.17) is 9.72 Å². The van der Waals surface area contributed by atoms with Crippen molar-refractivity contribution in [1.29, 1.82) is 0 Å². The molecule has 0 spiro atoms. The summed E-state index contributed by atoms with van der Waals surface area (Å²) >= 11 is 0. The summed E-state index contributed by atoms with van der Waals surface area (Å²) in [4.78, 5) is 17.1. The lowest BCUT2D eigenvalue weighted by Crippen LogP contribution is -2.08. The highest BCUT2D eigenvalue weighted by Gasteiger charge is 2.19. The van der Waals surface area contributed by atoms with Crippen LogP contribution in [-0.2, 0) is 22.5 Å². The fourth-order valence-electron chi connectivity index (χ4n) is 4.82. The number of benzene rings is 2. The Morgan fingerprint density at radius 2 is 1.72 bits per heavy atom. The number of hydrogen-bond acceptors (Lipinski definition) is 6. The zero-order chi connectivity index (χ0) is 27.4. The Balaban J connectivity index is 1.55. The predicted octanol–water partition coefficient (Wildman–Crippen LogP) is 5.32. The van der Waals surface area contributed by atoms with Gasteiger partial charge in [0.2, 0.25) is 5.82 Å². The Kier molecular flexibility index (Phi) is 7.49. The first kappa shape index (κ1) is 25.8. The molecule has 0 saturated carbocycles. The topological polar surface area (TPSA) is 104 Å². The van der Waals surface area contributed by atoms with Crippen LogP contribution in [0.4, 0.5) is 0 Å². The van der Waals surface area contributed by atoms with Crippen LogP contribution in [0.5, 0.6) is 0 Å². The minimum atomic E-state index is -0.406. The van der Waals surface area contributed by atoms with E-state index in [0.29, 0.717) is 12.4 Å². The molecule has 5 rings (SSSR count). The van der Waals surface area contributed by atoms with Crippen LogP contribution in [0.3, 0.4) is 0 Å². The van der Waals surface area contributed by atoms with E-state index in [1.807, 2.05) is 24.3 Å². The van der Waals surface area contributed by atoms with Crippen LogP contribution in [0.2, 0.25) is 0 Å². The summed E-state index contributed by atoms with van der Waals surface area (Å²) in [5, 5.41) is 14.5. The molecule has 3 aromatic heterocycles. The Bertz CT molecular complexity index is 1590. The lowest BCUT2D eigenvalue weighted by molar-refractivity contribution is -0.134. The molecule has 0 aliphatic rings. The van der Waals surface area contributed by atoms with E-state index in [0.717, 1.165) is 63.8 Å². The van der Waals surface area contributed by atoms with Crippen molar-refractivity contribution in [3.63, 3.8) is 0 Å². The number of methoxy groups -OCH3 is 1. The van der Waals surface area contributed by atoms with Crippen molar-refractivity contribution in [3.05, 3.63) is 95.2 Å². The standard InChI is InChI=1S/C30H31N7O2/c1-5-8-27-31-30(37-20(2)11-12-21(37)3)26(17-18-28(38)39-4)36(27)19-22-13-15-23(16-14-22)24-9-6-7-10-25(24)29-32-34-35-33-29/h6-7,9-18H,5,8,19H2,1-4H3,(H,32,33,34,35). The zero-order valence-electron chi connectivity index (χ0n) is 22.5. The number of nitrogens with zero attached hydrogens (tertiary/aromatic N) is 6. The van der Waals surface area contributed by atoms with Crippen LogP contribution < -0.4 is 0 Å². The maximum Gasteiger partial charge on any atom is 0.330 e. The summed E-state index contributed by atoms with van der Waals surface area (Å²) < 4.78 is 9.20.